The average Bonchev–Trinajstić information content (AvgIpc) is 2.72. The summed E-state index contributed by atoms with van der Waals surface area (Å²) in [5.74, 6) is -0.403. The summed E-state index contributed by atoms with van der Waals surface area (Å²) in [6, 6.07) is 19.2. The Morgan fingerprint density at radius 1 is 0.935 bits per heavy atom. The number of hydrogen-bond acceptors (Lipinski definition) is 3. The first kappa shape index (κ1) is 23.0. The summed E-state index contributed by atoms with van der Waals surface area (Å²) >= 11 is 5.92. The summed E-state index contributed by atoms with van der Waals surface area (Å²) in [6.45, 7) is 5.51. The molecule has 3 aromatic carbocycles. The lowest BCUT2D eigenvalue weighted by atomic mass is 10.1. The van der Waals surface area contributed by atoms with Crippen molar-refractivity contribution in [2.75, 3.05) is 11.9 Å². The van der Waals surface area contributed by atoms with Crippen LogP contribution in [0.2, 0.25) is 5.02 Å². The summed E-state index contributed by atoms with van der Waals surface area (Å²) in [5, 5.41) is 3.29. The van der Waals surface area contributed by atoms with Crippen LogP contribution in [0.25, 0.3) is 0 Å². The Morgan fingerprint density at radius 2 is 1.61 bits per heavy atom. The summed E-state index contributed by atoms with van der Waals surface area (Å²) in [4.78, 5) is 12.9. The highest BCUT2D eigenvalue weighted by Gasteiger charge is 2.27. The van der Waals surface area contributed by atoms with Crippen LogP contribution in [0.4, 0.5) is 5.69 Å². The molecule has 0 atom stereocenters. The van der Waals surface area contributed by atoms with Crippen LogP contribution >= 0.6 is 11.6 Å². The highest BCUT2D eigenvalue weighted by molar-refractivity contribution is 7.89. The molecule has 0 heterocycles. The minimum Gasteiger partial charge on any atom is -0.325 e. The molecule has 0 unspecified atom stereocenters. The van der Waals surface area contributed by atoms with Gasteiger partial charge < -0.3 is 5.32 Å². The number of anilines is 1. The molecule has 5 nitrogen and oxygen atoms in total. The van der Waals surface area contributed by atoms with Crippen molar-refractivity contribution in [3.05, 3.63) is 94.0 Å². The van der Waals surface area contributed by atoms with Crippen molar-refractivity contribution >= 4 is 33.2 Å². The van der Waals surface area contributed by atoms with Gasteiger partial charge in [0.2, 0.25) is 15.9 Å². The van der Waals surface area contributed by atoms with E-state index in [1.807, 2.05) is 63.2 Å². The molecular formula is C24H25ClN2O3S. The summed E-state index contributed by atoms with van der Waals surface area (Å²) < 4.78 is 27.9. The van der Waals surface area contributed by atoms with Crippen molar-refractivity contribution in [2.24, 2.45) is 0 Å². The first-order chi connectivity index (χ1) is 14.7. The SMILES string of the molecule is Cc1ccc(C)c(NC(=O)CN(Cc2ccccc2C)S(=O)(=O)c2ccc(Cl)cc2)c1. The normalized spacial score (nSPS) is 11.5. The number of aryl methyl sites for hydroxylation is 3. The van der Waals surface area contributed by atoms with Crippen LogP contribution in [0.15, 0.2) is 71.6 Å². The van der Waals surface area contributed by atoms with E-state index < -0.39 is 15.9 Å². The van der Waals surface area contributed by atoms with Crippen molar-refractivity contribution in [3.63, 3.8) is 0 Å². The number of halogens is 1. The largest absolute Gasteiger partial charge is 0.325 e. The molecule has 0 aliphatic carbocycles. The van der Waals surface area contributed by atoms with E-state index in [-0.39, 0.29) is 18.0 Å². The van der Waals surface area contributed by atoms with Crippen LogP contribution in [0, 0.1) is 20.8 Å². The number of sulfonamides is 1. The van der Waals surface area contributed by atoms with Gasteiger partial charge in [-0.05, 0) is 73.4 Å². The molecule has 0 aromatic heterocycles. The molecule has 3 rings (SSSR count). The van der Waals surface area contributed by atoms with Crippen molar-refractivity contribution in [2.45, 2.75) is 32.2 Å². The zero-order valence-electron chi connectivity index (χ0n) is 17.7. The molecule has 0 spiro atoms. The lowest BCUT2D eigenvalue weighted by Gasteiger charge is -2.23. The molecule has 31 heavy (non-hydrogen) atoms. The third-order valence-corrected chi connectivity index (χ3v) is 7.10. The average molecular weight is 457 g/mol. The second-order valence-corrected chi connectivity index (χ2v) is 9.89. The molecule has 3 aromatic rings. The molecule has 0 bridgehead atoms. The monoisotopic (exact) mass is 456 g/mol. The fourth-order valence-corrected chi connectivity index (χ4v) is 4.68. The third kappa shape index (κ3) is 5.73. The Bertz CT molecular complexity index is 1190. The van der Waals surface area contributed by atoms with Crippen LogP contribution in [0.1, 0.15) is 22.3 Å². The number of carbonyl (C=O) groups excluding carboxylic acids is 1. The van der Waals surface area contributed by atoms with Gasteiger partial charge in [-0.2, -0.15) is 4.31 Å². The number of nitrogens with one attached hydrogen (secondary N) is 1. The van der Waals surface area contributed by atoms with Crippen LogP contribution in [-0.4, -0.2) is 25.2 Å². The molecule has 1 N–H and O–H groups in total. The van der Waals surface area contributed by atoms with Gasteiger partial charge in [0.15, 0.2) is 0 Å². The maximum Gasteiger partial charge on any atom is 0.243 e. The van der Waals surface area contributed by atoms with Crippen molar-refractivity contribution in [1.29, 1.82) is 0 Å². The Balaban J connectivity index is 1.91. The minimum absolute atomic E-state index is 0.0812. The third-order valence-electron chi connectivity index (χ3n) is 5.05. The number of nitrogens with zero attached hydrogens (tertiary/aromatic N) is 1. The molecule has 0 saturated carbocycles. The van der Waals surface area contributed by atoms with E-state index in [0.717, 1.165) is 22.3 Å². The maximum absolute atomic E-state index is 13.4. The quantitative estimate of drug-likeness (QED) is 0.538. The van der Waals surface area contributed by atoms with Gasteiger partial charge in [0.25, 0.3) is 0 Å². The predicted octanol–water partition coefficient (Wildman–Crippen LogP) is 5.09. The zero-order chi connectivity index (χ0) is 22.6. The van der Waals surface area contributed by atoms with Crippen LogP contribution in [-0.2, 0) is 21.4 Å². The molecule has 1 amide bonds. The van der Waals surface area contributed by atoms with Gasteiger partial charge in [-0.1, -0.05) is 48.0 Å². The Morgan fingerprint density at radius 3 is 2.29 bits per heavy atom. The van der Waals surface area contributed by atoms with Crippen LogP contribution < -0.4 is 5.32 Å². The van der Waals surface area contributed by atoms with Gasteiger partial charge in [-0.25, -0.2) is 8.42 Å². The van der Waals surface area contributed by atoms with Crippen LogP contribution in [0.3, 0.4) is 0 Å². The van der Waals surface area contributed by atoms with E-state index in [4.69, 9.17) is 11.6 Å². The van der Waals surface area contributed by atoms with E-state index in [2.05, 4.69) is 5.32 Å². The van der Waals surface area contributed by atoms with Gasteiger partial charge in [-0.3, -0.25) is 4.79 Å². The van der Waals surface area contributed by atoms with E-state index in [1.54, 1.807) is 0 Å². The standard InChI is InChI=1S/C24H25ClN2O3S/c1-17-8-9-19(3)23(14-17)26-24(28)16-27(15-20-7-5-4-6-18(20)2)31(29,30)22-12-10-21(25)11-13-22/h4-14H,15-16H2,1-3H3,(H,26,28). The molecule has 0 aliphatic rings. The molecule has 0 fully saturated rings. The fourth-order valence-electron chi connectivity index (χ4n) is 3.18. The lowest BCUT2D eigenvalue weighted by molar-refractivity contribution is -0.116. The van der Waals surface area contributed by atoms with Crippen molar-refractivity contribution in [1.82, 2.24) is 4.31 Å². The number of hydrogen-bond donors (Lipinski definition) is 1. The molecule has 162 valence electrons. The minimum atomic E-state index is -3.92. The topological polar surface area (TPSA) is 66.5 Å². The first-order valence-electron chi connectivity index (χ1n) is 9.84. The second-order valence-electron chi connectivity index (χ2n) is 7.52. The first-order valence-corrected chi connectivity index (χ1v) is 11.7. The maximum atomic E-state index is 13.4. The second kappa shape index (κ2) is 9.64. The zero-order valence-corrected chi connectivity index (χ0v) is 19.3. The Hall–Kier alpha value is -2.67. The van der Waals surface area contributed by atoms with Gasteiger partial charge in [0, 0.05) is 17.3 Å². The number of rotatable bonds is 7. The molecule has 7 heteroatoms. The van der Waals surface area contributed by atoms with Crippen molar-refractivity contribution in [3.8, 4) is 0 Å². The Labute approximate surface area is 188 Å². The van der Waals surface area contributed by atoms with Gasteiger partial charge in [0.05, 0.1) is 11.4 Å². The molecule has 0 aliphatic heterocycles. The van der Waals surface area contributed by atoms with Gasteiger partial charge in [-0.15, -0.1) is 0 Å². The molecule has 0 radical (unpaired) electrons. The van der Waals surface area contributed by atoms with Crippen LogP contribution in [0.5, 0.6) is 0 Å². The van der Waals surface area contributed by atoms with E-state index in [9.17, 15) is 13.2 Å². The molecular weight excluding hydrogens is 432 g/mol. The highest BCUT2D eigenvalue weighted by Crippen LogP contribution is 2.22. The summed E-state index contributed by atoms with van der Waals surface area (Å²) in [5.41, 5.74) is 4.37. The summed E-state index contributed by atoms with van der Waals surface area (Å²) in [7, 11) is -3.92. The smallest absolute Gasteiger partial charge is 0.243 e. The number of amides is 1. The highest BCUT2D eigenvalue weighted by atomic mass is 35.5. The lowest BCUT2D eigenvalue weighted by Crippen LogP contribution is -2.37. The predicted molar refractivity (Wildman–Crippen MR) is 125 cm³/mol. The fraction of sp³-hybridized carbons (Fsp3) is 0.208. The molecule has 0 saturated heterocycles. The van der Waals surface area contributed by atoms with Crippen molar-refractivity contribution < 1.29 is 13.2 Å². The van der Waals surface area contributed by atoms with E-state index in [1.165, 1.54) is 28.6 Å². The van der Waals surface area contributed by atoms with Gasteiger partial charge >= 0.3 is 0 Å². The number of carbonyl (C=O) groups is 1. The number of benzene rings is 3. The Kier molecular flexibility index (Phi) is 7.15. The van der Waals surface area contributed by atoms with E-state index >= 15 is 0 Å². The van der Waals surface area contributed by atoms with E-state index in [0.29, 0.717) is 10.7 Å². The van der Waals surface area contributed by atoms with Gasteiger partial charge in [0.1, 0.15) is 0 Å². The summed E-state index contributed by atoms with van der Waals surface area (Å²) in [6.07, 6.45) is 0.